The van der Waals surface area contributed by atoms with Crippen LogP contribution in [0.1, 0.15) is 24.3 Å². The van der Waals surface area contributed by atoms with E-state index in [0.717, 1.165) is 23.5 Å². The number of rotatable bonds is 6. The second kappa shape index (κ2) is 6.89. The van der Waals surface area contributed by atoms with Crippen LogP contribution in [0.5, 0.6) is 0 Å². The molecule has 1 aromatic heterocycles. The fraction of sp³-hybridized carbons (Fsp3) is 0.333. The summed E-state index contributed by atoms with van der Waals surface area (Å²) in [5.74, 6) is 0.955. The van der Waals surface area contributed by atoms with Crippen molar-refractivity contribution in [2.45, 2.75) is 19.5 Å². The third-order valence-electron chi connectivity index (χ3n) is 3.20. The fourth-order valence-electron chi connectivity index (χ4n) is 2.13. The third kappa shape index (κ3) is 3.93. The van der Waals surface area contributed by atoms with Crippen LogP contribution in [0.3, 0.4) is 0 Å². The van der Waals surface area contributed by atoms with E-state index in [4.69, 9.17) is 10.2 Å². The van der Waals surface area contributed by atoms with Crippen LogP contribution < -0.4 is 5.73 Å². The van der Waals surface area contributed by atoms with E-state index in [-0.39, 0.29) is 6.04 Å². The Morgan fingerprint density at radius 1 is 1.21 bits per heavy atom. The minimum absolute atomic E-state index is 0.204. The SMILES string of the molecule is CC(c1ccc(Br)o1)N(CCN)Cc1ccccc1. The average Bonchev–Trinajstić information content (AvgIpc) is 2.85. The predicted molar refractivity (Wildman–Crippen MR) is 80.7 cm³/mol. The number of nitrogens with zero attached hydrogens (tertiary/aromatic N) is 1. The molecule has 0 radical (unpaired) electrons. The first-order valence-corrected chi connectivity index (χ1v) is 7.23. The van der Waals surface area contributed by atoms with E-state index in [2.05, 4.69) is 52.0 Å². The van der Waals surface area contributed by atoms with Crippen molar-refractivity contribution >= 4 is 15.9 Å². The van der Waals surface area contributed by atoms with Crippen LogP contribution in [-0.2, 0) is 6.54 Å². The predicted octanol–water partition coefficient (Wildman–Crippen LogP) is 3.56. The summed E-state index contributed by atoms with van der Waals surface area (Å²) in [4.78, 5) is 2.32. The van der Waals surface area contributed by atoms with Crippen LogP contribution >= 0.6 is 15.9 Å². The van der Waals surface area contributed by atoms with Crippen LogP contribution in [0.2, 0.25) is 0 Å². The Hall–Kier alpha value is -1.10. The zero-order valence-electron chi connectivity index (χ0n) is 11.1. The number of halogens is 1. The van der Waals surface area contributed by atoms with Gasteiger partial charge in [-0.05, 0) is 40.5 Å². The van der Waals surface area contributed by atoms with Crippen LogP contribution in [0.4, 0.5) is 0 Å². The van der Waals surface area contributed by atoms with Gasteiger partial charge in [-0.2, -0.15) is 0 Å². The summed E-state index contributed by atoms with van der Waals surface area (Å²) in [5, 5.41) is 0. The first kappa shape index (κ1) is 14.3. The zero-order valence-corrected chi connectivity index (χ0v) is 12.6. The minimum atomic E-state index is 0.204. The van der Waals surface area contributed by atoms with Crippen molar-refractivity contribution in [3.8, 4) is 0 Å². The van der Waals surface area contributed by atoms with Crippen LogP contribution in [0, 0.1) is 0 Å². The lowest BCUT2D eigenvalue weighted by Crippen LogP contribution is -2.31. The summed E-state index contributed by atoms with van der Waals surface area (Å²) in [6, 6.07) is 14.5. The zero-order chi connectivity index (χ0) is 13.7. The Morgan fingerprint density at radius 3 is 2.53 bits per heavy atom. The van der Waals surface area contributed by atoms with Gasteiger partial charge in [0.1, 0.15) is 5.76 Å². The molecule has 1 aromatic carbocycles. The Balaban J connectivity index is 2.11. The Bertz CT molecular complexity index is 498. The first-order valence-electron chi connectivity index (χ1n) is 6.44. The second-order valence-electron chi connectivity index (χ2n) is 4.56. The molecule has 0 amide bonds. The minimum Gasteiger partial charge on any atom is -0.453 e. The normalized spacial score (nSPS) is 12.8. The number of hydrogen-bond donors (Lipinski definition) is 1. The molecule has 0 bridgehead atoms. The molecular formula is C15H19BrN2O. The lowest BCUT2D eigenvalue weighted by Gasteiger charge is -2.27. The number of furan rings is 1. The molecule has 1 heterocycles. The number of hydrogen-bond acceptors (Lipinski definition) is 3. The highest BCUT2D eigenvalue weighted by Gasteiger charge is 2.18. The van der Waals surface area contributed by atoms with Gasteiger partial charge in [-0.15, -0.1) is 0 Å². The van der Waals surface area contributed by atoms with Crippen molar-refractivity contribution in [2.24, 2.45) is 5.73 Å². The molecule has 0 aliphatic rings. The summed E-state index contributed by atoms with van der Waals surface area (Å²) in [6.45, 7) is 4.49. The van der Waals surface area contributed by atoms with E-state index in [1.54, 1.807) is 0 Å². The van der Waals surface area contributed by atoms with Gasteiger partial charge < -0.3 is 10.2 Å². The smallest absolute Gasteiger partial charge is 0.169 e. The quantitative estimate of drug-likeness (QED) is 0.884. The first-order chi connectivity index (χ1) is 9.20. The molecule has 2 rings (SSSR count). The third-order valence-corrected chi connectivity index (χ3v) is 3.62. The Labute approximate surface area is 122 Å². The molecule has 2 N–H and O–H groups in total. The van der Waals surface area contributed by atoms with Gasteiger partial charge in [0.15, 0.2) is 4.67 Å². The highest BCUT2D eigenvalue weighted by molar-refractivity contribution is 9.10. The largest absolute Gasteiger partial charge is 0.453 e. The molecule has 4 heteroatoms. The molecule has 0 saturated carbocycles. The summed E-state index contributed by atoms with van der Waals surface area (Å²) in [7, 11) is 0. The lowest BCUT2D eigenvalue weighted by atomic mass is 10.1. The van der Waals surface area contributed by atoms with Gasteiger partial charge in [-0.3, -0.25) is 4.90 Å². The van der Waals surface area contributed by atoms with Crippen molar-refractivity contribution in [1.29, 1.82) is 0 Å². The Morgan fingerprint density at radius 2 is 1.95 bits per heavy atom. The highest BCUT2D eigenvalue weighted by Crippen LogP contribution is 2.25. The molecule has 0 saturated heterocycles. The number of nitrogens with two attached hydrogens (primary N) is 1. The molecule has 0 aliphatic heterocycles. The van der Waals surface area contributed by atoms with Gasteiger partial charge in [0.25, 0.3) is 0 Å². The lowest BCUT2D eigenvalue weighted by molar-refractivity contribution is 0.183. The molecule has 0 aliphatic carbocycles. The van der Waals surface area contributed by atoms with Crippen molar-refractivity contribution in [1.82, 2.24) is 4.90 Å². The fourth-order valence-corrected chi connectivity index (χ4v) is 2.45. The molecular weight excluding hydrogens is 304 g/mol. The maximum Gasteiger partial charge on any atom is 0.169 e. The van der Waals surface area contributed by atoms with Gasteiger partial charge >= 0.3 is 0 Å². The van der Waals surface area contributed by atoms with E-state index >= 15 is 0 Å². The molecule has 0 fully saturated rings. The highest BCUT2D eigenvalue weighted by atomic mass is 79.9. The average molecular weight is 323 g/mol. The molecule has 102 valence electrons. The van der Waals surface area contributed by atoms with Gasteiger partial charge in [-0.25, -0.2) is 0 Å². The maximum absolute atomic E-state index is 5.72. The van der Waals surface area contributed by atoms with Gasteiger partial charge in [0.05, 0.1) is 6.04 Å². The van der Waals surface area contributed by atoms with Crippen molar-refractivity contribution < 1.29 is 4.42 Å². The molecule has 0 spiro atoms. The summed E-state index contributed by atoms with van der Waals surface area (Å²) in [5.41, 5.74) is 7.01. The summed E-state index contributed by atoms with van der Waals surface area (Å²) < 4.78 is 6.41. The van der Waals surface area contributed by atoms with Crippen LogP contribution in [0.25, 0.3) is 0 Å². The molecule has 2 aromatic rings. The number of benzene rings is 1. The van der Waals surface area contributed by atoms with Gasteiger partial charge in [0.2, 0.25) is 0 Å². The molecule has 1 atom stereocenters. The van der Waals surface area contributed by atoms with E-state index in [1.165, 1.54) is 5.56 Å². The Kier molecular flexibility index (Phi) is 5.19. The van der Waals surface area contributed by atoms with Crippen LogP contribution in [0.15, 0.2) is 51.6 Å². The van der Waals surface area contributed by atoms with Gasteiger partial charge in [-0.1, -0.05) is 30.3 Å². The maximum atomic E-state index is 5.72. The summed E-state index contributed by atoms with van der Waals surface area (Å²) in [6.07, 6.45) is 0. The van der Waals surface area contributed by atoms with E-state index in [9.17, 15) is 0 Å². The van der Waals surface area contributed by atoms with E-state index in [0.29, 0.717) is 6.54 Å². The van der Waals surface area contributed by atoms with E-state index in [1.807, 2.05) is 18.2 Å². The monoisotopic (exact) mass is 322 g/mol. The van der Waals surface area contributed by atoms with Crippen molar-refractivity contribution in [2.75, 3.05) is 13.1 Å². The second-order valence-corrected chi connectivity index (χ2v) is 5.34. The van der Waals surface area contributed by atoms with Crippen molar-refractivity contribution in [3.63, 3.8) is 0 Å². The van der Waals surface area contributed by atoms with Gasteiger partial charge in [0, 0.05) is 19.6 Å². The molecule has 1 unspecified atom stereocenters. The summed E-state index contributed by atoms with van der Waals surface area (Å²) >= 11 is 3.35. The molecule has 3 nitrogen and oxygen atoms in total. The standard InChI is InChI=1S/C15H19BrN2O/c1-12(14-7-8-15(16)19-14)18(10-9-17)11-13-5-3-2-4-6-13/h2-8,12H,9-11,17H2,1H3. The van der Waals surface area contributed by atoms with Crippen molar-refractivity contribution in [3.05, 3.63) is 58.5 Å². The van der Waals surface area contributed by atoms with Crippen LogP contribution in [-0.4, -0.2) is 18.0 Å². The molecule has 19 heavy (non-hydrogen) atoms. The topological polar surface area (TPSA) is 42.4 Å². The van der Waals surface area contributed by atoms with E-state index < -0.39 is 0 Å².